The average molecular weight is 450 g/mol. The minimum Gasteiger partial charge on any atom is -0.379 e. The third-order valence-corrected chi connectivity index (χ3v) is 7.20. The van der Waals surface area contributed by atoms with Gasteiger partial charge >= 0.3 is 6.03 Å². The molecule has 0 radical (unpaired) electrons. The Kier molecular flexibility index (Phi) is 6.35. The first-order chi connectivity index (χ1) is 14.9. The lowest BCUT2D eigenvalue weighted by atomic mass is 10.3. The summed E-state index contributed by atoms with van der Waals surface area (Å²) in [5, 5.41) is 2.75. The zero-order valence-electron chi connectivity index (χ0n) is 16.9. The Labute approximate surface area is 180 Å². The van der Waals surface area contributed by atoms with E-state index < -0.39 is 10.0 Å². The van der Waals surface area contributed by atoms with Crippen LogP contribution >= 0.6 is 0 Å². The Morgan fingerprint density at radius 3 is 2.26 bits per heavy atom. The van der Waals surface area contributed by atoms with Gasteiger partial charge in [0.1, 0.15) is 16.5 Å². The molecule has 0 spiro atoms. The van der Waals surface area contributed by atoms with Gasteiger partial charge in [-0.2, -0.15) is 4.31 Å². The zero-order chi connectivity index (χ0) is 21.8. The number of rotatable bonds is 4. The van der Waals surface area contributed by atoms with Gasteiger partial charge in [0.15, 0.2) is 0 Å². The second-order valence-corrected chi connectivity index (χ2v) is 9.22. The number of morpholine rings is 1. The molecule has 2 saturated heterocycles. The van der Waals surface area contributed by atoms with Crippen molar-refractivity contribution in [2.75, 3.05) is 62.7 Å². The number of carbonyl (C=O) groups is 1. The van der Waals surface area contributed by atoms with Gasteiger partial charge in [0.05, 0.1) is 13.2 Å². The molecule has 0 unspecified atom stereocenters. The number of piperazine rings is 1. The quantitative estimate of drug-likeness (QED) is 0.762. The monoisotopic (exact) mass is 449 g/mol. The number of benzene rings is 1. The summed E-state index contributed by atoms with van der Waals surface area (Å²) >= 11 is 0. The lowest BCUT2D eigenvalue weighted by Gasteiger charge is -2.35. The summed E-state index contributed by atoms with van der Waals surface area (Å²) < 4.78 is 45.0. The van der Waals surface area contributed by atoms with Gasteiger partial charge in [-0.3, -0.25) is 0 Å². The van der Waals surface area contributed by atoms with E-state index in [9.17, 15) is 17.6 Å². The smallest absolute Gasteiger partial charge is 0.321 e. The zero-order valence-corrected chi connectivity index (χ0v) is 17.7. The predicted molar refractivity (Wildman–Crippen MR) is 113 cm³/mol. The Bertz CT molecular complexity index is 1000. The molecule has 4 rings (SSSR count). The van der Waals surface area contributed by atoms with Crippen molar-refractivity contribution >= 4 is 27.6 Å². The number of urea groups is 1. The Hall–Kier alpha value is -2.76. The fourth-order valence-corrected chi connectivity index (χ4v) is 4.88. The Balaban J connectivity index is 1.33. The van der Waals surface area contributed by atoms with E-state index in [1.807, 2.05) is 4.90 Å². The van der Waals surface area contributed by atoms with Crippen LogP contribution < -0.4 is 10.2 Å². The molecule has 2 fully saturated rings. The number of hydrogen-bond donors (Lipinski definition) is 1. The van der Waals surface area contributed by atoms with Gasteiger partial charge in [-0.05, 0) is 36.4 Å². The molecule has 0 aliphatic carbocycles. The normalized spacial score (nSPS) is 18.1. The standard InChI is InChI=1S/C20H24FN5O4S/c21-16-1-3-17(4-2-16)23-20(27)25-9-7-24(8-10-25)19-6-5-18(15-22-19)31(28,29)26-11-13-30-14-12-26/h1-6,15H,7-14H2,(H,23,27). The molecular formula is C20H24FN5O4S. The highest BCUT2D eigenvalue weighted by molar-refractivity contribution is 7.89. The molecule has 166 valence electrons. The molecule has 0 atom stereocenters. The van der Waals surface area contributed by atoms with Gasteiger partial charge in [0.2, 0.25) is 10.0 Å². The fraction of sp³-hybridized carbons (Fsp3) is 0.400. The third-order valence-electron chi connectivity index (χ3n) is 5.31. The minimum absolute atomic E-state index is 0.162. The number of amides is 2. The van der Waals surface area contributed by atoms with Gasteiger partial charge in [0, 0.05) is 51.2 Å². The van der Waals surface area contributed by atoms with Crippen LogP contribution in [0.3, 0.4) is 0 Å². The molecule has 1 aromatic heterocycles. The third kappa shape index (κ3) is 4.94. The Morgan fingerprint density at radius 2 is 1.65 bits per heavy atom. The van der Waals surface area contributed by atoms with Crippen LogP contribution in [-0.4, -0.2) is 81.1 Å². The van der Waals surface area contributed by atoms with Crippen LogP contribution in [0.1, 0.15) is 0 Å². The van der Waals surface area contributed by atoms with Crippen molar-refractivity contribution in [3.8, 4) is 0 Å². The number of halogens is 1. The topological polar surface area (TPSA) is 95.1 Å². The highest BCUT2D eigenvalue weighted by Crippen LogP contribution is 2.20. The van der Waals surface area contributed by atoms with Crippen molar-refractivity contribution in [1.82, 2.24) is 14.2 Å². The molecule has 11 heteroatoms. The van der Waals surface area contributed by atoms with Gasteiger partial charge in [0.25, 0.3) is 0 Å². The average Bonchev–Trinajstić information content (AvgIpc) is 2.81. The van der Waals surface area contributed by atoms with Crippen LogP contribution in [0, 0.1) is 5.82 Å². The molecule has 3 heterocycles. The van der Waals surface area contributed by atoms with E-state index >= 15 is 0 Å². The van der Waals surface area contributed by atoms with E-state index in [2.05, 4.69) is 10.3 Å². The maximum atomic E-state index is 13.0. The number of sulfonamides is 1. The number of carbonyl (C=O) groups excluding carboxylic acids is 1. The van der Waals surface area contributed by atoms with Crippen molar-refractivity contribution in [3.05, 3.63) is 48.4 Å². The van der Waals surface area contributed by atoms with Crippen LogP contribution in [0.5, 0.6) is 0 Å². The van der Waals surface area contributed by atoms with Crippen LogP contribution in [0.4, 0.5) is 20.7 Å². The number of anilines is 2. The molecule has 2 aliphatic rings. The van der Waals surface area contributed by atoms with Crippen molar-refractivity contribution in [2.24, 2.45) is 0 Å². The number of nitrogens with zero attached hydrogens (tertiary/aromatic N) is 4. The van der Waals surface area contributed by atoms with Crippen LogP contribution in [0.2, 0.25) is 0 Å². The van der Waals surface area contributed by atoms with Crippen LogP contribution in [0.15, 0.2) is 47.5 Å². The second-order valence-electron chi connectivity index (χ2n) is 7.28. The largest absolute Gasteiger partial charge is 0.379 e. The minimum atomic E-state index is -3.57. The number of ether oxygens (including phenoxy) is 1. The van der Waals surface area contributed by atoms with Crippen molar-refractivity contribution in [2.45, 2.75) is 4.90 Å². The van der Waals surface area contributed by atoms with Crippen molar-refractivity contribution in [1.29, 1.82) is 0 Å². The SMILES string of the molecule is O=C(Nc1ccc(F)cc1)N1CCN(c2ccc(S(=O)(=O)N3CCOCC3)cn2)CC1. The lowest BCUT2D eigenvalue weighted by molar-refractivity contribution is 0.0730. The number of pyridine rings is 1. The summed E-state index contributed by atoms with van der Waals surface area (Å²) in [6.07, 6.45) is 1.38. The highest BCUT2D eigenvalue weighted by atomic mass is 32.2. The molecule has 2 aliphatic heterocycles. The Morgan fingerprint density at radius 1 is 0.968 bits per heavy atom. The fourth-order valence-electron chi connectivity index (χ4n) is 3.52. The van der Waals surface area contributed by atoms with Gasteiger partial charge in [-0.1, -0.05) is 0 Å². The van der Waals surface area contributed by atoms with E-state index in [-0.39, 0.29) is 16.7 Å². The van der Waals surface area contributed by atoms with Crippen molar-refractivity contribution < 1.29 is 22.3 Å². The molecule has 9 nitrogen and oxygen atoms in total. The maximum Gasteiger partial charge on any atom is 0.321 e. The number of nitrogens with one attached hydrogen (secondary N) is 1. The predicted octanol–water partition coefficient (Wildman–Crippen LogP) is 1.60. The molecule has 2 amide bonds. The van der Waals surface area contributed by atoms with Crippen LogP contribution in [-0.2, 0) is 14.8 Å². The van der Waals surface area contributed by atoms with Gasteiger partial charge in [-0.25, -0.2) is 22.6 Å². The van der Waals surface area contributed by atoms with E-state index in [1.165, 1.54) is 34.8 Å². The van der Waals surface area contributed by atoms with E-state index in [0.29, 0.717) is 64.0 Å². The second kappa shape index (κ2) is 9.16. The maximum absolute atomic E-state index is 13.0. The molecule has 0 saturated carbocycles. The highest BCUT2D eigenvalue weighted by Gasteiger charge is 2.27. The van der Waals surface area contributed by atoms with E-state index in [0.717, 1.165) is 0 Å². The lowest BCUT2D eigenvalue weighted by Crippen LogP contribution is -2.50. The van der Waals surface area contributed by atoms with E-state index in [1.54, 1.807) is 17.0 Å². The summed E-state index contributed by atoms with van der Waals surface area (Å²) in [4.78, 5) is 20.6. The molecule has 1 N–H and O–H groups in total. The molecule has 2 aromatic rings. The summed E-state index contributed by atoms with van der Waals surface area (Å²) in [7, 11) is -3.57. The molecule has 0 bridgehead atoms. The first kappa shape index (κ1) is 21.5. The molecule has 1 aromatic carbocycles. The van der Waals surface area contributed by atoms with Crippen molar-refractivity contribution in [3.63, 3.8) is 0 Å². The first-order valence-corrected chi connectivity index (χ1v) is 11.5. The summed E-state index contributed by atoms with van der Waals surface area (Å²) in [5.74, 6) is 0.308. The summed E-state index contributed by atoms with van der Waals surface area (Å²) in [6, 6.07) is 8.64. The van der Waals surface area contributed by atoms with Gasteiger partial charge < -0.3 is 19.9 Å². The van der Waals surface area contributed by atoms with E-state index in [4.69, 9.17) is 4.74 Å². The molecular weight excluding hydrogens is 425 g/mol. The molecule has 31 heavy (non-hydrogen) atoms. The first-order valence-electron chi connectivity index (χ1n) is 10.0. The van der Waals surface area contributed by atoms with Gasteiger partial charge in [-0.15, -0.1) is 0 Å². The number of hydrogen-bond acceptors (Lipinski definition) is 6. The summed E-state index contributed by atoms with van der Waals surface area (Å²) in [5.41, 5.74) is 0.535. The van der Waals surface area contributed by atoms with Crippen LogP contribution in [0.25, 0.3) is 0 Å². The number of aromatic nitrogens is 1. The summed E-state index contributed by atoms with van der Waals surface area (Å²) in [6.45, 7) is 3.58.